The first-order chi connectivity index (χ1) is 9.65. The number of benzene rings is 1. The molecule has 7 heteroatoms. The minimum Gasteiger partial charge on any atom is -0.477 e. The fourth-order valence-electron chi connectivity index (χ4n) is 1.86. The van der Waals surface area contributed by atoms with Gasteiger partial charge in [-0.1, -0.05) is 17.7 Å². The summed E-state index contributed by atoms with van der Waals surface area (Å²) in [5.41, 5.74) is 2.10. The van der Waals surface area contributed by atoms with Crippen LogP contribution < -0.4 is 0 Å². The molecule has 0 aliphatic rings. The molecule has 0 unspecified atom stereocenters. The number of hydrogen-bond donors (Lipinski definition) is 2. The number of aromatic carboxylic acids is 1. The molecule has 0 amide bonds. The van der Waals surface area contributed by atoms with E-state index in [1.165, 1.54) is 6.07 Å². The first-order valence-corrected chi connectivity index (χ1v) is 6.10. The van der Waals surface area contributed by atoms with Crippen LogP contribution in [0.2, 0.25) is 5.02 Å². The van der Waals surface area contributed by atoms with Crippen molar-refractivity contribution in [3.8, 4) is 16.9 Å². The molecule has 0 saturated heterocycles. The molecule has 2 N–H and O–H groups in total. The Labute approximate surface area is 118 Å². The zero-order chi connectivity index (χ0) is 14.1. The number of halogens is 1. The number of H-pyrrole nitrogens is 1. The van der Waals surface area contributed by atoms with Crippen LogP contribution in [0, 0.1) is 0 Å². The molecule has 0 aliphatic carbocycles. The lowest BCUT2D eigenvalue weighted by Gasteiger charge is -2.06. The van der Waals surface area contributed by atoms with Crippen LogP contribution in [-0.2, 0) is 0 Å². The number of carbonyl (C=O) groups is 1. The Morgan fingerprint density at radius 2 is 2.20 bits per heavy atom. The van der Waals surface area contributed by atoms with Crippen LogP contribution in [0.25, 0.3) is 16.9 Å². The van der Waals surface area contributed by atoms with Gasteiger partial charge in [-0.3, -0.25) is 5.10 Å². The molecule has 0 spiro atoms. The molecule has 0 atom stereocenters. The van der Waals surface area contributed by atoms with Crippen LogP contribution in [-0.4, -0.2) is 30.8 Å². The molecule has 20 heavy (non-hydrogen) atoms. The van der Waals surface area contributed by atoms with Crippen molar-refractivity contribution >= 4 is 17.6 Å². The highest BCUT2D eigenvalue weighted by molar-refractivity contribution is 6.32. The van der Waals surface area contributed by atoms with Gasteiger partial charge in [-0.15, -0.1) is 0 Å². The first kappa shape index (κ1) is 12.4. The third kappa shape index (κ3) is 2.17. The van der Waals surface area contributed by atoms with E-state index in [4.69, 9.17) is 16.7 Å². The minimum atomic E-state index is -1.05. The summed E-state index contributed by atoms with van der Waals surface area (Å²) in [5.74, 6) is -1.05. The van der Waals surface area contributed by atoms with E-state index < -0.39 is 5.97 Å². The Balaban J connectivity index is 1.99. The molecule has 2 heterocycles. The van der Waals surface area contributed by atoms with Crippen molar-refractivity contribution in [2.45, 2.75) is 0 Å². The van der Waals surface area contributed by atoms with Crippen molar-refractivity contribution in [2.24, 2.45) is 0 Å². The van der Waals surface area contributed by atoms with Gasteiger partial charge in [-0.05, 0) is 18.2 Å². The predicted octanol–water partition coefficient (Wildman–Crippen LogP) is 2.61. The van der Waals surface area contributed by atoms with Crippen molar-refractivity contribution in [1.82, 2.24) is 19.7 Å². The van der Waals surface area contributed by atoms with Crippen LogP contribution in [0.5, 0.6) is 0 Å². The average molecular weight is 289 g/mol. The Kier molecular flexibility index (Phi) is 3.00. The minimum absolute atomic E-state index is 0.0369. The molecule has 0 bridgehead atoms. The van der Waals surface area contributed by atoms with E-state index in [1.807, 2.05) is 12.1 Å². The number of rotatable bonds is 3. The molecule has 3 aromatic rings. The van der Waals surface area contributed by atoms with Crippen molar-refractivity contribution in [2.75, 3.05) is 0 Å². The fraction of sp³-hybridized carbons (Fsp3) is 0. The maximum absolute atomic E-state index is 10.8. The fourth-order valence-corrected chi connectivity index (χ4v) is 2.13. The van der Waals surface area contributed by atoms with Crippen molar-refractivity contribution in [3.63, 3.8) is 0 Å². The van der Waals surface area contributed by atoms with Crippen LogP contribution in [0.3, 0.4) is 0 Å². The van der Waals surface area contributed by atoms with Gasteiger partial charge in [0, 0.05) is 18.0 Å². The molecule has 2 aromatic heterocycles. The Hall–Kier alpha value is -2.60. The van der Waals surface area contributed by atoms with E-state index in [9.17, 15) is 4.79 Å². The van der Waals surface area contributed by atoms with Gasteiger partial charge in [0.2, 0.25) is 0 Å². The van der Waals surface area contributed by atoms with Crippen molar-refractivity contribution < 1.29 is 9.90 Å². The number of aromatic amines is 1. The number of carboxylic acids is 1. The summed E-state index contributed by atoms with van der Waals surface area (Å²) in [6, 6.07) is 6.85. The lowest BCUT2D eigenvalue weighted by molar-refractivity contribution is 0.0690. The highest BCUT2D eigenvalue weighted by Gasteiger charge is 2.11. The second-order valence-corrected chi connectivity index (χ2v) is 4.52. The SMILES string of the molecule is O=C(O)c1cc(-c2ccc(-n3ccnc3)c(Cl)c2)n[nH]1. The summed E-state index contributed by atoms with van der Waals surface area (Å²) in [4.78, 5) is 14.8. The standard InChI is InChI=1S/C13H9ClN4O2/c14-9-5-8(10-6-11(13(19)20)17-16-10)1-2-12(9)18-4-3-15-7-18/h1-7H,(H,16,17)(H,19,20). The van der Waals surface area contributed by atoms with E-state index in [1.54, 1.807) is 29.4 Å². The van der Waals surface area contributed by atoms with Gasteiger partial charge >= 0.3 is 5.97 Å². The molecule has 1 aromatic carbocycles. The van der Waals surface area contributed by atoms with Gasteiger partial charge in [0.1, 0.15) is 5.69 Å². The second-order valence-electron chi connectivity index (χ2n) is 4.11. The highest BCUT2D eigenvalue weighted by Crippen LogP contribution is 2.27. The van der Waals surface area contributed by atoms with E-state index in [-0.39, 0.29) is 5.69 Å². The van der Waals surface area contributed by atoms with Gasteiger partial charge in [-0.2, -0.15) is 5.10 Å². The zero-order valence-corrected chi connectivity index (χ0v) is 10.9. The van der Waals surface area contributed by atoms with Crippen molar-refractivity contribution in [1.29, 1.82) is 0 Å². The van der Waals surface area contributed by atoms with Gasteiger partial charge in [-0.25, -0.2) is 9.78 Å². The van der Waals surface area contributed by atoms with Gasteiger partial charge in [0.25, 0.3) is 0 Å². The highest BCUT2D eigenvalue weighted by atomic mass is 35.5. The third-order valence-corrected chi connectivity index (χ3v) is 3.14. The number of carboxylic acid groups (broad SMARTS) is 1. The summed E-state index contributed by atoms with van der Waals surface area (Å²) in [6.07, 6.45) is 5.10. The van der Waals surface area contributed by atoms with Gasteiger partial charge in [0.05, 0.1) is 22.7 Å². The number of imidazole rings is 1. The van der Waals surface area contributed by atoms with Gasteiger partial charge in [0.15, 0.2) is 0 Å². The van der Waals surface area contributed by atoms with E-state index >= 15 is 0 Å². The number of aromatic nitrogens is 4. The maximum Gasteiger partial charge on any atom is 0.353 e. The Morgan fingerprint density at radius 3 is 2.80 bits per heavy atom. The molecular weight excluding hydrogens is 280 g/mol. The monoisotopic (exact) mass is 288 g/mol. The molecule has 6 nitrogen and oxygen atoms in total. The molecule has 0 fully saturated rings. The largest absolute Gasteiger partial charge is 0.477 e. The normalized spacial score (nSPS) is 10.7. The zero-order valence-electron chi connectivity index (χ0n) is 10.1. The summed E-state index contributed by atoms with van der Waals surface area (Å²) < 4.78 is 1.79. The Bertz CT molecular complexity index is 765. The molecule has 0 aliphatic heterocycles. The van der Waals surface area contributed by atoms with Gasteiger partial charge < -0.3 is 9.67 Å². The second kappa shape index (κ2) is 4.82. The topological polar surface area (TPSA) is 83.8 Å². The van der Waals surface area contributed by atoms with Crippen LogP contribution in [0.15, 0.2) is 43.0 Å². The van der Waals surface area contributed by atoms with Crippen LogP contribution in [0.4, 0.5) is 0 Å². The molecule has 0 saturated carbocycles. The molecule has 100 valence electrons. The predicted molar refractivity (Wildman–Crippen MR) is 73.1 cm³/mol. The molecule has 3 rings (SSSR count). The molecule has 0 radical (unpaired) electrons. The van der Waals surface area contributed by atoms with E-state index in [2.05, 4.69) is 15.2 Å². The lowest BCUT2D eigenvalue weighted by atomic mass is 10.1. The number of nitrogens with zero attached hydrogens (tertiary/aromatic N) is 3. The quantitative estimate of drug-likeness (QED) is 0.776. The Morgan fingerprint density at radius 1 is 1.35 bits per heavy atom. The number of hydrogen-bond acceptors (Lipinski definition) is 3. The smallest absolute Gasteiger partial charge is 0.353 e. The number of nitrogens with one attached hydrogen (secondary N) is 1. The summed E-state index contributed by atoms with van der Waals surface area (Å²) in [6.45, 7) is 0. The molecular formula is C13H9ClN4O2. The lowest BCUT2D eigenvalue weighted by Crippen LogP contribution is -1.95. The summed E-state index contributed by atoms with van der Waals surface area (Å²) >= 11 is 6.24. The van der Waals surface area contributed by atoms with Crippen LogP contribution >= 0.6 is 11.6 Å². The van der Waals surface area contributed by atoms with Crippen molar-refractivity contribution in [3.05, 3.63) is 53.7 Å². The maximum atomic E-state index is 10.8. The summed E-state index contributed by atoms with van der Waals surface area (Å²) in [5, 5.41) is 15.8. The van der Waals surface area contributed by atoms with Crippen LogP contribution in [0.1, 0.15) is 10.5 Å². The van der Waals surface area contributed by atoms with E-state index in [0.29, 0.717) is 10.7 Å². The first-order valence-electron chi connectivity index (χ1n) is 5.72. The summed E-state index contributed by atoms with van der Waals surface area (Å²) in [7, 11) is 0. The average Bonchev–Trinajstić information content (AvgIpc) is 3.10. The third-order valence-electron chi connectivity index (χ3n) is 2.83. The van der Waals surface area contributed by atoms with E-state index in [0.717, 1.165) is 11.3 Å².